The first-order valence-electron chi connectivity index (χ1n) is 7.73. The highest BCUT2D eigenvalue weighted by Gasteiger charge is 2.47. The van der Waals surface area contributed by atoms with Gasteiger partial charge in [-0.05, 0) is 50.2 Å². The van der Waals surface area contributed by atoms with E-state index in [1.54, 1.807) is 0 Å². The molecule has 0 spiro atoms. The van der Waals surface area contributed by atoms with E-state index in [-0.39, 0.29) is 0 Å². The molecular weight excluding hydrogens is 248 g/mol. The third-order valence-electron chi connectivity index (χ3n) is 5.08. The molecule has 2 atom stereocenters. The molecule has 0 bridgehead atoms. The maximum atomic E-state index is 12.5. The van der Waals surface area contributed by atoms with Gasteiger partial charge in [0.2, 0.25) is 0 Å². The molecule has 1 aromatic carbocycles. The van der Waals surface area contributed by atoms with Crippen LogP contribution in [0.15, 0.2) is 24.3 Å². The van der Waals surface area contributed by atoms with Crippen LogP contribution in [0.5, 0.6) is 0 Å². The van der Waals surface area contributed by atoms with Gasteiger partial charge in [0.05, 0.1) is 17.5 Å². The number of carbonyl (C=O) groups excluding carboxylic acids is 1. The molecule has 104 valence electrons. The number of aryl methyl sites for hydroxylation is 1. The van der Waals surface area contributed by atoms with Crippen LogP contribution < -0.4 is 0 Å². The average molecular weight is 268 g/mol. The predicted octanol–water partition coefficient (Wildman–Crippen LogP) is 3.21. The topological polar surface area (TPSA) is 34.9 Å². The van der Waals surface area contributed by atoms with Crippen molar-refractivity contribution < 1.29 is 4.79 Å². The lowest BCUT2D eigenvalue weighted by atomic mass is 9.96. The summed E-state index contributed by atoms with van der Waals surface area (Å²) in [6, 6.07) is 8.16. The first kappa shape index (κ1) is 12.1. The second-order valence-corrected chi connectivity index (χ2v) is 6.33. The smallest absolute Gasteiger partial charge is 0.143 e. The Balaban J connectivity index is 1.59. The standard InChI is InChI=1S/C17H20N2O/c1-2-19-15-6-4-3-5-14(15)18-17(19)10-16(20)13-8-11-7-12(11)9-13/h3-6,11-13H,2,7-10H2,1H3. The van der Waals surface area contributed by atoms with Crippen LogP contribution in [0.2, 0.25) is 0 Å². The van der Waals surface area contributed by atoms with E-state index in [0.29, 0.717) is 18.1 Å². The Bertz CT molecular complexity index is 663. The summed E-state index contributed by atoms with van der Waals surface area (Å²) < 4.78 is 2.18. The molecule has 3 nitrogen and oxygen atoms in total. The highest BCUT2D eigenvalue weighted by atomic mass is 16.1. The number of carbonyl (C=O) groups is 1. The van der Waals surface area contributed by atoms with Crippen molar-refractivity contribution in [2.75, 3.05) is 0 Å². The number of aromatic nitrogens is 2. The Morgan fingerprint density at radius 3 is 2.75 bits per heavy atom. The van der Waals surface area contributed by atoms with Gasteiger partial charge in [0.1, 0.15) is 11.6 Å². The molecule has 2 aliphatic rings. The summed E-state index contributed by atoms with van der Waals surface area (Å²) in [5, 5.41) is 0. The summed E-state index contributed by atoms with van der Waals surface area (Å²) >= 11 is 0. The highest BCUT2D eigenvalue weighted by Crippen LogP contribution is 2.54. The van der Waals surface area contributed by atoms with Gasteiger partial charge >= 0.3 is 0 Å². The second-order valence-electron chi connectivity index (χ2n) is 6.33. The van der Waals surface area contributed by atoms with Crippen molar-refractivity contribution in [3.8, 4) is 0 Å². The number of para-hydroxylation sites is 2. The number of fused-ring (bicyclic) bond motifs is 2. The molecule has 2 unspecified atom stereocenters. The number of hydrogen-bond donors (Lipinski definition) is 0. The van der Waals surface area contributed by atoms with Crippen molar-refractivity contribution >= 4 is 16.8 Å². The predicted molar refractivity (Wildman–Crippen MR) is 78.4 cm³/mol. The lowest BCUT2D eigenvalue weighted by Crippen LogP contribution is -2.18. The quantitative estimate of drug-likeness (QED) is 0.853. The van der Waals surface area contributed by atoms with Crippen LogP contribution in [-0.2, 0) is 17.8 Å². The molecule has 0 N–H and O–H groups in total. The molecule has 0 saturated heterocycles. The fourth-order valence-electron chi connectivity index (χ4n) is 3.89. The maximum absolute atomic E-state index is 12.5. The minimum absolute atomic E-state index is 0.309. The molecule has 2 fully saturated rings. The van der Waals surface area contributed by atoms with Gasteiger partial charge in [-0.2, -0.15) is 0 Å². The number of Topliss-reactive ketones (excluding diaryl/α,β-unsaturated/α-hetero) is 1. The largest absolute Gasteiger partial charge is 0.328 e. The monoisotopic (exact) mass is 268 g/mol. The molecule has 0 amide bonds. The summed E-state index contributed by atoms with van der Waals surface area (Å²) in [5.41, 5.74) is 2.15. The van der Waals surface area contributed by atoms with Crippen molar-refractivity contribution in [3.63, 3.8) is 0 Å². The molecule has 2 aromatic rings. The minimum atomic E-state index is 0.309. The fourth-order valence-corrected chi connectivity index (χ4v) is 3.89. The third-order valence-corrected chi connectivity index (χ3v) is 5.08. The van der Waals surface area contributed by atoms with E-state index < -0.39 is 0 Å². The maximum Gasteiger partial charge on any atom is 0.143 e. The summed E-state index contributed by atoms with van der Waals surface area (Å²) in [6.07, 6.45) is 4.15. The van der Waals surface area contributed by atoms with Crippen LogP contribution in [0, 0.1) is 17.8 Å². The Morgan fingerprint density at radius 2 is 2.00 bits per heavy atom. The van der Waals surface area contributed by atoms with Crippen molar-refractivity contribution in [3.05, 3.63) is 30.1 Å². The van der Waals surface area contributed by atoms with E-state index >= 15 is 0 Å². The van der Waals surface area contributed by atoms with Gasteiger partial charge in [0, 0.05) is 12.5 Å². The van der Waals surface area contributed by atoms with Crippen LogP contribution in [0.25, 0.3) is 11.0 Å². The number of nitrogens with zero attached hydrogens (tertiary/aromatic N) is 2. The number of ketones is 1. The van der Waals surface area contributed by atoms with Crippen LogP contribution in [0.4, 0.5) is 0 Å². The van der Waals surface area contributed by atoms with Gasteiger partial charge in [0.25, 0.3) is 0 Å². The van der Waals surface area contributed by atoms with Gasteiger partial charge in [-0.1, -0.05) is 12.1 Å². The molecular formula is C17H20N2O. The van der Waals surface area contributed by atoms with Gasteiger partial charge < -0.3 is 4.57 Å². The molecule has 3 heteroatoms. The summed E-state index contributed by atoms with van der Waals surface area (Å²) in [6.45, 7) is 2.99. The van der Waals surface area contributed by atoms with Crippen molar-refractivity contribution in [2.45, 2.75) is 39.2 Å². The van der Waals surface area contributed by atoms with Gasteiger partial charge in [-0.3, -0.25) is 4.79 Å². The van der Waals surface area contributed by atoms with Crippen LogP contribution in [-0.4, -0.2) is 15.3 Å². The fraction of sp³-hybridized carbons (Fsp3) is 0.529. The zero-order valence-corrected chi connectivity index (χ0v) is 11.9. The number of benzene rings is 1. The molecule has 1 heterocycles. The normalized spacial score (nSPS) is 27.8. The van der Waals surface area contributed by atoms with Crippen molar-refractivity contribution in [2.24, 2.45) is 17.8 Å². The lowest BCUT2D eigenvalue weighted by Gasteiger charge is -2.11. The highest BCUT2D eigenvalue weighted by molar-refractivity contribution is 5.84. The van der Waals surface area contributed by atoms with E-state index in [1.165, 1.54) is 6.42 Å². The Labute approximate surface area is 119 Å². The first-order valence-corrected chi connectivity index (χ1v) is 7.73. The van der Waals surface area contributed by atoms with E-state index in [9.17, 15) is 4.79 Å². The zero-order chi connectivity index (χ0) is 13.7. The summed E-state index contributed by atoms with van der Waals surface area (Å²) in [5.74, 6) is 3.40. The minimum Gasteiger partial charge on any atom is -0.328 e. The molecule has 0 radical (unpaired) electrons. The molecule has 4 rings (SSSR count). The third kappa shape index (κ3) is 1.88. The van der Waals surface area contributed by atoms with E-state index in [2.05, 4.69) is 22.5 Å². The molecule has 0 aliphatic heterocycles. The SMILES string of the molecule is CCn1c(CC(=O)C2CC3CC3C2)nc2ccccc21. The van der Waals surface area contributed by atoms with Gasteiger partial charge in [-0.25, -0.2) is 4.98 Å². The second kappa shape index (κ2) is 4.44. The first-order chi connectivity index (χ1) is 9.76. The Kier molecular flexibility index (Phi) is 2.69. The Morgan fingerprint density at radius 1 is 1.25 bits per heavy atom. The number of hydrogen-bond acceptors (Lipinski definition) is 2. The molecule has 2 aliphatic carbocycles. The molecule has 20 heavy (non-hydrogen) atoms. The van der Waals surface area contributed by atoms with Gasteiger partial charge in [-0.15, -0.1) is 0 Å². The van der Waals surface area contributed by atoms with Gasteiger partial charge in [0.15, 0.2) is 0 Å². The van der Waals surface area contributed by atoms with E-state index in [1.807, 2.05) is 18.2 Å². The van der Waals surface area contributed by atoms with Crippen LogP contribution in [0.1, 0.15) is 32.0 Å². The van der Waals surface area contributed by atoms with Crippen molar-refractivity contribution in [1.82, 2.24) is 9.55 Å². The zero-order valence-electron chi connectivity index (χ0n) is 11.9. The summed E-state index contributed by atoms with van der Waals surface area (Å²) in [7, 11) is 0. The van der Waals surface area contributed by atoms with E-state index in [0.717, 1.165) is 48.1 Å². The number of rotatable bonds is 4. The summed E-state index contributed by atoms with van der Waals surface area (Å²) in [4.78, 5) is 17.1. The van der Waals surface area contributed by atoms with Crippen LogP contribution in [0.3, 0.4) is 0 Å². The number of imidazole rings is 1. The molecule has 1 aromatic heterocycles. The van der Waals surface area contributed by atoms with E-state index in [4.69, 9.17) is 0 Å². The lowest BCUT2D eigenvalue weighted by molar-refractivity contribution is -0.122. The molecule has 2 saturated carbocycles. The average Bonchev–Trinajstić information content (AvgIpc) is 2.93. The van der Waals surface area contributed by atoms with Crippen LogP contribution >= 0.6 is 0 Å². The Hall–Kier alpha value is -1.64. The van der Waals surface area contributed by atoms with Crippen molar-refractivity contribution in [1.29, 1.82) is 0 Å².